The fraction of sp³-hybridized carbons (Fsp3) is 0.389. The lowest BCUT2D eigenvalue weighted by Gasteiger charge is -2.17. The lowest BCUT2D eigenvalue weighted by atomic mass is 9.86. The van der Waals surface area contributed by atoms with E-state index in [0.29, 0.717) is 6.54 Å². The Morgan fingerprint density at radius 3 is 2.67 bits per heavy atom. The molecule has 1 aromatic heterocycles. The summed E-state index contributed by atoms with van der Waals surface area (Å²) < 4.78 is 0. The van der Waals surface area contributed by atoms with E-state index in [1.165, 1.54) is 11.3 Å². The van der Waals surface area contributed by atoms with Crippen LogP contribution < -0.4 is 0 Å². The smallest absolute Gasteiger partial charge is 0.308 e. The van der Waals surface area contributed by atoms with Gasteiger partial charge in [-0.2, -0.15) is 0 Å². The predicted molar refractivity (Wildman–Crippen MR) is 92.2 cm³/mol. The summed E-state index contributed by atoms with van der Waals surface area (Å²) in [5, 5.41) is 12.4. The van der Waals surface area contributed by atoms with Crippen LogP contribution in [0.15, 0.2) is 29.6 Å². The van der Waals surface area contributed by atoms with Gasteiger partial charge in [-0.25, -0.2) is 4.98 Å². The minimum atomic E-state index is -0.844. The average Bonchev–Trinajstić information content (AvgIpc) is 3.14. The first-order valence-corrected chi connectivity index (χ1v) is 8.80. The van der Waals surface area contributed by atoms with Crippen molar-refractivity contribution in [2.45, 2.75) is 26.2 Å². The fourth-order valence-corrected chi connectivity index (χ4v) is 3.94. The Bertz CT molecular complexity index is 771. The third-order valence-corrected chi connectivity index (χ3v) is 5.40. The molecule has 1 aromatic carbocycles. The van der Waals surface area contributed by atoms with Crippen LogP contribution in [0.3, 0.4) is 0 Å². The summed E-state index contributed by atoms with van der Waals surface area (Å²) in [7, 11) is 0. The van der Waals surface area contributed by atoms with Crippen LogP contribution in [0.25, 0.3) is 0 Å². The fourth-order valence-electron chi connectivity index (χ4n) is 3.33. The van der Waals surface area contributed by atoms with Crippen LogP contribution >= 0.6 is 11.3 Å². The predicted octanol–water partition coefficient (Wildman–Crippen LogP) is 2.63. The molecule has 3 rings (SSSR count). The molecule has 1 N–H and O–H groups in total. The van der Waals surface area contributed by atoms with Crippen molar-refractivity contribution in [3.63, 3.8) is 0 Å². The highest BCUT2D eigenvalue weighted by molar-refractivity contribution is 7.09. The molecule has 5 nitrogen and oxygen atoms in total. The van der Waals surface area contributed by atoms with Crippen LogP contribution in [0.4, 0.5) is 0 Å². The molecule has 1 fully saturated rings. The zero-order valence-corrected chi connectivity index (χ0v) is 14.5. The largest absolute Gasteiger partial charge is 0.481 e. The number of carboxylic acids is 1. The van der Waals surface area contributed by atoms with E-state index in [2.05, 4.69) is 4.98 Å². The number of benzene rings is 1. The Hall–Kier alpha value is -2.21. The Morgan fingerprint density at radius 1 is 1.29 bits per heavy atom. The van der Waals surface area contributed by atoms with E-state index in [4.69, 9.17) is 0 Å². The van der Waals surface area contributed by atoms with Crippen molar-refractivity contribution in [1.29, 1.82) is 0 Å². The summed E-state index contributed by atoms with van der Waals surface area (Å²) in [6, 6.07) is 7.81. The Kier molecular flexibility index (Phi) is 4.66. The second kappa shape index (κ2) is 6.73. The molecular formula is C18H20N2O3S. The SMILES string of the molecule is Cc1nc(CC(=O)N2C[C@@H](C(=O)O)[C@H](c3ccccc3C)C2)cs1. The van der Waals surface area contributed by atoms with Gasteiger partial charge in [0.25, 0.3) is 0 Å². The molecule has 24 heavy (non-hydrogen) atoms. The summed E-state index contributed by atoms with van der Waals surface area (Å²) >= 11 is 1.52. The van der Waals surface area contributed by atoms with Gasteiger partial charge in [0.05, 0.1) is 23.0 Å². The van der Waals surface area contributed by atoms with E-state index in [0.717, 1.165) is 21.8 Å². The molecule has 0 aliphatic carbocycles. The number of aromatic nitrogens is 1. The number of aliphatic carboxylic acids is 1. The lowest BCUT2D eigenvalue weighted by Crippen LogP contribution is -2.31. The number of likely N-dealkylation sites (tertiary alicyclic amines) is 1. The maximum Gasteiger partial charge on any atom is 0.308 e. The number of amides is 1. The molecule has 126 valence electrons. The molecule has 1 aliphatic rings. The van der Waals surface area contributed by atoms with E-state index < -0.39 is 11.9 Å². The van der Waals surface area contributed by atoms with Gasteiger partial charge in [-0.3, -0.25) is 9.59 Å². The molecule has 2 aromatic rings. The van der Waals surface area contributed by atoms with E-state index in [1.54, 1.807) is 4.90 Å². The summed E-state index contributed by atoms with van der Waals surface area (Å²) in [5.74, 6) is -1.62. The van der Waals surface area contributed by atoms with Crippen molar-refractivity contribution in [1.82, 2.24) is 9.88 Å². The highest BCUT2D eigenvalue weighted by Crippen LogP contribution is 2.34. The second-order valence-corrected chi connectivity index (χ2v) is 7.30. The van der Waals surface area contributed by atoms with Crippen molar-refractivity contribution in [3.8, 4) is 0 Å². The highest BCUT2D eigenvalue weighted by atomic mass is 32.1. The maximum atomic E-state index is 12.6. The number of hydrogen-bond donors (Lipinski definition) is 1. The Labute approximate surface area is 145 Å². The summed E-state index contributed by atoms with van der Waals surface area (Å²) in [5.41, 5.74) is 2.84. The topological polar surface area (TPSA) is 70.5 Å². The normalized spacial score (nSPS) is 20.3. The Balaban J connectivity index is 1.78. The van der Waals surface area contributed by atoms with Crippen LogP contribution in [0.2, 0.25) is 0 Å². The molecule has 0 saturated carbocycles. The maximum absolute atomic E-state index is 12.6. The van der Waals surface area contributed by atoms with E-state index in [9.17, 15) is 14.7 Å². The number of rotatable bonds is 4. The molecule has 1 aliphatic heterocycles. The number of nitrogens with zero attached hydrogens (tertiary/aromatic N) is 2. The van der Waals surface area contributed by atoms with Gasteiger partial charge in [-0.15, -0.1) is 11.3 Å². The van der Waals surface area contributed by atoms with Crippen LogP contribution in [-0.2, 0) is 16.0 Å². The van der Waals surface area contributed by atoms with E-state index in [1.807, 2.05) is 43.5 Å². The van der Waals surface area contributed by atoms with Gasteiger partial charge in [-0.05, 0) is 25.0 Å². The van der Waals surface area contributed by atoms with Crippen molar-refractivity contribution in [3.05, 3.63) is 51.5 Å². The van der Waals surface area contributed by atoms with Crippen molar-refractivity contribution in [2.24, 2.45) is 5.92 Å². The number of carbonyl (C=O) groups excluding carboxylic acids is 1. The van der Waals surface area contributed by atoms with Gasteiger partial charge >= 0.3 is 5.97 Å². The monoisotopic (exact) mass is 344 g/mol. The van der Waals surface area contributed by atoms with E-state index in [-0.39, 0.29) is 24.8 Å². The van der Waals surface area contributed by atoms with Gasteiger partial charge in [-0.1, -0.05) is 24.3 Å². The number of carboxylic acid groups (broad SMARTS) is 1. The first kappa shape index (κ1) is 16.6. The third-order valence-electron chi connectivity index (χ3n) is 4.58. The number of hydrogen-bond acceptors (Lipinski definition) is 4. The Morgan fingerprint density at radius 2 is 2.04 bits per heavy atom. The number of thiazole rings is 1. The van der Waals surface area contributed by atoms with Gasteiger partial charge in [0.15, 0.2) is 0 Å². The molecule has 1 amide bonds. The second-order valence-electron chi connectivity index (χ2n) is 6.24. The molecule has 0 spiro atoms. The summed E-state index contributed by atoms with van der Waals surface area (Å²) in [6.45, 7) is 4.60. The molecule has 0 radical (unpaired) electrons. The van der Waals surface area contributed by atoms with Crippen molar-refractivity contribution >= 4 is 23.2 Å². The van der Waals surface area contributed by atoms with Crippen molar-refractivity contribution in [2.75, 3.05) is 13.1 Å². The summed E-state index contributed by atoms with van der Waals surface area (Å²) in [4.78, 5) is 30.2. The molecular weight excluding hydrogens is 324 g/mol. The highest BCUT2D eigenvalue weighted by Gasteiger charge is 2.40. The third kappa shape index (κ3) is 3.33. The molecule has 0 unspecified atom stereocenters. The van der Waals surface area contributed by atoms with Crippen LogP contribution in [0.1, 0.15) is 27.7 Å². The molecule has 2 heterocycles. The average molecular weight is 344 g/mol. The quantitative estimate of drug-likeness (QED) is 0.925. The number of aryl methyl sites for hydroxylation is 2. The van der Waals surface area contributed by atoms with E-state index >= 15 is 0 Å². The van der Waals surface area contributed by atoms with Gasteiger partial charge in [0, 0.05) is 24.4 Å². The first-order valence-electron chi connectivity index (χ1n) is 7.93. The molecule has 0 bridgehead atoms. The molecule has 6 heteroatoms. The van der Waals surface area contributed by atoms with Crippen LogP contribution in [-0.4, -0.2) is 40.0 Å². The minimum Gasteiger partial charge on any atom is -0.481 e. The van der Waals surface area contributed by atoms with Gasteiger partial charge in [0.1, 0.15) is 0 Å². The molecule has 1 saturated heterocycles. The van der Waals surface area contributed by atoms with Crippen molar-refractivity contribution < 1.29 is 14.7 Å². The zero-order valence-electron chi connectivity index (χ0n) is 13.7. The van der Waals surface area contributed by atoms with Crippen LogP contribution in [0.5, 0.6) is 0 Å². The molecule has 2 atom stereocenters. The van der Waals surface area contributed by atoms with Gasteiger partial charge < -0.3 is 10.0 Å². The summed E-state index contributed by atoms with van der Waals surface area (Å²) in [6.07, 6.45) is 0.233. The minimum absolute atomic E-state index is 0.0531. The first-order chi connectivity index (χ1) is 11.5. The van der Waals surface area contributed by atoms with Crippen LogP contribution in [0, 0.1) is 19.8 Å². The lowest BCUT2D eigenvalue weighted by molar-refractivity contribution is -0.141. The number of carbonyl (C=O) groups is 2. The van der Waals surface area contributed by atoms with Gasteiger partial charge in [0.2, 0.25) is 5.91 Å². The standard InChI is InChI=1S/C18H20N2O3S/c1-11-5-3-4-6-14(11)15-8-20(9-16(15)18(22)23)17(21)7-13-10-24-12(2)19-13/h3-6,10,15-16H,7-9H2,1-2H3,(H,22,23)/t15-,16+/m0/s1. The zero-order chi connectivity index (χ0) is 17.3.